The molecule has 0 bridgehead atoms. The summed E-state index contributed by atoms with van der Waals surface area (Å²) in [7, 11) is 0. The van der Waals surface area contributed by atoms with Gasteiger partial charge in [0.15, 0.2) is 0 Å². The fourth-order valence-corrected chi connectivity index (χ4v) is 4.38. The molecular weight excluding hydrogens is 320 g/mol. The summed E-state index contributed by atoms with van der Waals surface area (Å²) in [6.45, 7) is 9.57. The van der Waals surface area contributed by atoms with Crippen LogP contribution in [0.3, 0.4) is 0 Å². The minimum atomic E-state index is -0.00166. The van der Waals surface area contributed by atoms with E-state index in [2.05, 4.69) is 50.0 Å². The maximum absolute atomic E-state index is 13.4. The molecule has 0 atom stereocenters. The first kappa shape index (κ1) is 18.7. The van der Waals surface area contributed by atoms with Crippen LogP contribution in [-0.2, 0) is 6.54 Å². The summed E-state index contributed by atoms with van der Waals surface area (Å²) in [6, 6.07) is 20.1. The number of carbonyl (C=O) groups excluding carboxylic acids is 1. The molecule has 3 nitrogen and oxygen atoms in total. The van der Waals surface area contributed by atoms with Gasteiger partial charge >= 0.3 is 0 Å². The van der Waals surface area contributed by atoms with E-state index < -0.39 is 0 Å². The third-order valence-corrected chi connectivity index (χ3v) is 5.09. The van der Waals surface area contributed by atoms with Crippen LogP contribution in [0.25, 0.3) is 0 Å². The molecule has 1 N–H and O–H groups in total. The Morgan fingerprint density at radius 1 is 0.923 bits per heavy atom. The second-order valence-electron chi connectivity index (χ2n) is 8.74. The molecule has 0 aliphatic carbocycles. The number of carbonyl (C=O) groups is 1. The van der Waals surface area contributed by atoms with Crippen LogP contribution in [0.1, 0.15) is 56.5 Å². The van der Waals surface area contributed by atoms with E-state index >= 15 is 0 Å². The molecule has 0 aromatic heterocycles. The summed E-state index contributed by atoms with van der Waals surface area (Å²) >= 11 is 0. The van der Waals surface area contributed by atoms with Gasteiger partial charge in [-0.25, -0.2) is 0 Å². The number of nitrogens with one attached hydrogen (secondary N) is 1. The summed E-state index contributed by atoms with van der Waals surface area (Å²) < 4.78 is 0. The first-order chi connectivity index (χ1) is 12.3. The number of amides is 1. The molecule has 1 aliphatic heterocycles. The third-order valence-electron chi connectivity index (χ3n) is 5.09. The summed E-state index contributed by atoms with van der Waals surface area (Å²) in [5.74, 6) is 0.118. The first-order valence-electron chi connectivity index (χ1n) is 9.45. The van der Waals surface area contributed by atoms with Gasteiger partial charge in [0.05, 0.1) is 0 Å². The molecule has 2 aromatic rings. The molecule has 3 rings (SSSR count). The molecule has 1 heterocycles. The van der Waals surface area contributed by atoms with Gasteiger partial charge in [-0.15, -0.1) is 0 Å². The molecule has 0 unspecified atom stereocenters. The van der Waals surface area contributed by atoms with E-state index in [-0.39, 0.29) is 23.0 Å². The van der Waals surface area contributed by atoms with Crippen LogP contribution in [0.15, 0.2) is 60.7 Å². The highest BCUT2D eigenvalue weighted by Gasteiger charge is 2.41. The predicted molar refractivity (Wildman–Crippen MR) is 107 cm³/mol. The summed E-state index contributed by atoms with van der Waals surface area (Å²) in [4.78, 5) is 15.5. The van der Waals surface area contributed by atoms with E-state index in [1.54, 1.807) is 0 Å². The molecule has 1 fully saturated rings. The van der Waals surface area contributed by atoms with Crippen molar-refractivity contribution >= 4 is 5.91 Å². The largest absolute Gasteiger partial charge is 0.331 e. The number of rotatable bonds is 4. The Morgan fingerprint density at radius 2 is 1.42 bits per heavy atom. The third kappa shape index (κ3) is 4.53. The molecule has 1 saturated heterocycles. The molecule has 0 radical (unpaired) electrons. The van der Waals surface area contributed by atoms with Crippen molar-refractivity contribution in [1.82, 2.24) is 10.2 Å². The smallest absolute Gasteiger partial charge is 0.254 e. The number of piperidine rings is 1. The number of nitrogens with zero attached hydrogens (tertiary/aromatic N) is 1. The van der Waals surface area contributed by atoms with Gasteiger partial charge in [-0.2, -0.15) is 0 Å². The van der Waals surface area contributed by atoms with Gasteiger partial charge < -0.3 is 10.2 Å². The summed E-state index contributed by atoms with van der Waals surface area (Å²) in [6.07, 6.45) is 1.89. The van der Waals surface area contributed by atoms with Gasteiger partial charge in [0.2, 0.25) is 0 Å². The molecule has 3 heteroatoms. The maximum Gasteiger partial charge on any atom is 0.254 e. The van der Waals surface area contributed by atoms with Crippen molar-refractivity contribution in [1.29, 1.82) is 0 Å². The van der Waals surface area contributed by atoms with Crippen LogP contribution < -0.4 is 5.32 Å². The van der Waals surface area contributed by atoms with Crippen LogP contribution >= 0.6 is 0 Å². The number of hydrogen-bond donors (Lipinski definition) is 1. The van der Waals surface area contributed by atoms with Gasteiger partial charge in [-0.3, -0.25) is 4.79 Å². The van der Waals surface area contributed by atoms with Crippen molar-refractivity contribution in [3.05, 3.63) is 71.8 Å². The maximum atomic E-state index is 13.4. The lowest BCUT2D eigenvalue weighted by Gasteiger charge is -2.49. The van der Waals surface area contributed by atoms with Crippen molar-refractivity contribution in [2.45, 2.75) is 64.2 Å². The van der Waals surface area contributed by atoms with Gasteiger partial charge in [0.1, 0.15) is 0 Å². The highest BCUT2D eigenvalue weighted by molar-refractivity contribution is 5.94. The van der Waals surface area contributed by atoms with E-state index in [1.165, 1.54) is 5.56 Å². The van der Waals surface area contributed by atoms with Crippen LogP contribution in [0.4, 0.5) is 0 Å². The normalized spacial score (nSPS) is 19.1. The Labute approximate surface area is 157 Å². The van der Waals surface area contributed by atoms with Crippen molar-refractivity contribution in [3.8, 4) is 0 Å². The fraction of sp³-hybridized carbons (Fsp3) is 0.435. The lowest BCUT2D eigenvalue weighted by atomic mass is 9.78. The van der Waals surface area contributed by atoms with Gasteiger partial charge in [-0.05, 0) is 58.2 Å². The first-order valence-corrected chi connectivity index (χ1v) is 9.45. The van der Waals surface area contributed by atoms with E-state index in [4.69, 9.17) is 0 Å². The minimum Gasteiger partial charge on any atom is -0.331 e. The van der Waals surface area contributed by atoms with Crippen molar-refractivity contribution in [2.24, 2.45) is 0 Å². The van der Waals surface area contributed by atoms with Crippen molar-refractivity contribution in [2.75, 3.05) is 0 Å². The zero-order valence-electron chi connectivity index (χ0n) is 16.3. The Balaban J connectivity index is 1.93. The van der Waals surface area contributed by atoms with Gasteiger partial charge in [0, 0.05) is 29.2 Å². The number of hydrogen-bond acceptors (Lipinski definition) is 2. The zero-order valence-corrected chi connectivity index (χ0v) is 16.3. The molecule has 1 aliphatic rings. The second kappa shape index (κ2) is 7.24. The second-order valence-corrected chi connectivity index (χ2v) is 8.74. The average Bonchev–Trinajstić information content (AvgIpc) is 2.58. The van der Waals surface area contributed by atoms with E-state index in [0.29, 0.717) is 6.54 Å². The lowest BCUT2D eigenvalue weighted by molar-refractivity contribution is 0.0419. The minimum absolute atomic E-state index is 0.00166. The van der Waals surface area contributed by atoms with Crippen molar-refractivity contribution < 1.29 is 4.79 Å². The van der Waals surface area contributed by atoms with Crippen LogP contribution in [-0.4, -0.2) is 27.9 Å². The molecule has 26 heavy (non-hydrogen) atoms. The highest BCUT2D eigenvalue weighted by atomic mass is 16.2. The summed E-state index contributed by atoms with van der Waals surface area (Å²) in [5, 5.41) is 3.72. The van der Waals surface area contributed by atoms with Gasteiger partial charge in [-0.1, -0.05) is 48.5 Å². The standard InChI is InChI=1S/C23H30N2O/c1-22(2)15-20(16-23(3,4)24-22)25(17-18-11-7-5-8-12-18)21(26)19-13-9-6-10-14-19/h5-14,20,24H,15-17H2,1-4H3. The van der Waals surface area contributed by atoms with E-state index in [9.17, 15) is 4.79 Å². The Hall–Kier alpha value is -2.13. The summed E-state index contributed by atoms with van der Waals surface area (Å²) in [5.41, 5.74) is 1.93. The molecule has 0 spiro atoms. The van der Waals surface area contributed by atoms with Crippen LogP contribution in [0.5, 0.6) is 0 Å². The monoisotopic (exact) mass is 350 g/mol. The molecular formula is C23H30N2O. The lowest BCUT2D eigenvalue weighted by Crippen LogP contribution is -2.62. The molecule has 2 aromatic carbocycles. The SMILES string of the molecule is CC1(C)CC(N(Cc2ccccc2)C(=O)c2ccccc2)CC(C)(C)N1. The van der Waals surface area contributed by atoms with Crippen LogP contribution in [0, 0.1) is 0 Å². The predicted octanol–water partition coefficient (Wildman–Crippen LogP) is 4.64. The quantitative estimate of drug-likeness (QED) is 0.871. The molecule has 138 valence electrons. The highest BCUT2D eigenvalue weighted by Crippen LogP contribution is 2.33. The van der Waals surface area contributed by atoms with Gasteiger partial charge in [0.25, 0.3) is 5.91 Å². The Bertz CT molecular complexity index is 721. The molecule has 1 amide bonds. The Kier molecular flexibility index (Phi) is 5.19. The Morgan fingerprint density at radius 3 is 1.96 bits per heavy atom. The van der Waals surface area contributed by atoms with Crippen molar-refractivity contribution in [3.63, 3.8) is 0 Å². The zero-order chi connectivity index (χ0) is 18.8. The number of benzene rings is 2. The van der Waals surface area contributed by atoms with E-state index in [0.717, 1.165) is 18.4 Å². The average molecular weight is 351 g/mol. The molecule has 0 saturated carbocycles. The van der Waals surface area contributed by atoms with Crippen LogP contribution in [0.2, 0.25) is 0 Å². The van der Waals surface area contributed by atoms with E-state index in [1.807, 2.05) is 48.5 Å². The fourth-order valence-electron chi connectivity index (χ4n) is 4.38. The topological polar surface area (TPSA) is 32.3 Å².